The molecule has 0 fully saturated rings. The first-order valence-corrected chi connectivity index (χ1v) is 11.0. The number of unbranched alkanes of at least 4 members (excludes halogenated alkanes) is 2. The zero-order valence-corrected chi connectivity index (χ0v) is 18.9. The largest absolute Gasteiger partial charge is 0.0683 e. The Kier molecular flexibility index (Phi) is 45.0. The molecule has 0 aliphatic heterocycles. The number of hydrogen-bond donors (Lipinski definition) is 0. The highest BCUT2D eigenvalue weighted by atomic mass is 14.0. The predicted molar refractivity (Wildman–Crippen MR) is 115 cm³/mol. The van der Waals surface area contributed by atoms with Gasteiger partial charge in [-0.25, -0.2) is 0 Å². The van der Waals surface area contributed by atoms with Gasteiger partial charge >= 0.3 is 0 Å². The highest BCUT2D eigenvalue weighted by Gasteiger charge is 1.96. The molecule has 0 aliphatic carbocycles. The SMILES string of the molecule is CC.CCCC(C)CCC.CCCC(C)CCC.CCCCC. The molecule has 0 bridgehead atoms. The van der Waals surface area contributed by atoms with Gasteiger partial charge in [-0.1, -0.05) is 140 Å². The summed E-state index contributed by atoms with van der Waals surface area (Å²) in [6, 6.07) is 0. The Balaban J connectivity index is -0.000000114. The average Bonchev–Trinajstić information content (AvgIpc) is 2.52. The third-order valence-electron chi connectivity index (χ3n) is 3.83. The highest BCUT2D eigenvalue weighted by molar-refractivity contribution is 4.49. The maximum atomic E-state index is 2.34. The van der Waals surface area contributed by atoms with Crippen LogP contribution in [0.25, 0.3) is 0 Å². The second-order valence-electron chi connectivity index (χ2n) is 6.72. The van der Waals surface area contributed by atoms with Gasteiger partial charge in [0.15, 0.2) is 0 Å². The first-order valence-electron chi connectivity index (χ1n) is 11.0. The summed E-state index contributed by atoms with van der Waals surface area (Å²) in [5.74, 6) is 1.93. The van der Waals surface area contributed by atoms with Crippen LogP contribution in [-0.2, 0) is 0 Å². The molecule has 23 heavy (non-hydrogen) atoms. The molecule has 0 spiro atoms. The van der Waals surface area contributed by atoms with E-state index in [2.05, 4.69) is 55.4 Å². The van der Waals surface area contributed by atoms with Crippen LogP contribution in [0, 0.1) is 11.8 Å². The molecule has 0 saturated carbocycles. The van der Waals surface area contributed by atoms with Crippen molar-refractivity contribution in [3.05, 3.63) is 0 Å². The number of rotatable bonds is 10. The molecule has 0 heteroatoms. The van der Waals surface area contributed by atoms with E-state index in [1.807, 2.05) is 13.8 Å². The predicted octanol–water partition coefficient (Wildman–Crippen LogP) is 9.67. The normalized spacial score (nSPS) is 9.39. The highest BCUT2D eigenvalue weighted by Crippen LogP contribution is 2.11. The molecule has 0 radical (unpaired) electrons. The molecule has 0 N–H and O–H groups in total. The van der Waals surface area contributed by atoms with Crippen LogP contribution in [-0.4, -0.2) is 0 Å². The first-order chi connectivity index (χ1) is 11.0. The Morgan fingerprint density at radius 2 is 0.652 bits per heavy atom. The Labute approximate surface area is 152 Å². The van der Waals surface area contributed by atoms with Crippen LogP contribution in [0.4, 0.5) is 0 Å². The van der Waals surface area contributed by atoms with Crippen molar-refractivity contribution < 1.29 is 0 Å². The second kappa shape index (κ2) is 33.6. The topological polar surface area (TPSA) is 0 Å². The summed E-state index contributed by atoms with van der Waals surface area (Å²) in [5.41, 5.74) is 0. The van der Waals surface area contributed by atoms with Gasteiger partial charge in [0.1, 0.15) is 0 Å². The maximum absolute atomic E-state index is 2.34. The molecular formula is C23H54. The van der Waals surface area contributed by atoms with E-state index in [9.17, 15) is 0 Å². The molecule has 0 amide bonds. The minimum Gasteiger partial charge on any atom is -0.0683 e. The van der Waals surface area contributed by atoms with Crippen molar-refractivity contribution in [2.45, 2.75) is 140 Å². The van der Waals surface area contributed by atoms with Crippen molar-refractivity contribution in [3.8, 4) is 0 Å². The van der Waals surface area contributed by atoms with E-state index < -0.39 is 0 Å². The third-order valence-corrected chi connectivity index (χ3v) is 3.83. The van der Waals surface area contributed by atoms with Crippen LogP contribution in [0.5, 0.6) is 0 Å². The van der Waals surface area contributed by atoms with Crippen molar-refractivity contribution in [1.29, 1.82) is 0 Å². The van der Waals surface area contributed by atoms with Crippen LogP contribution in [0.1, 0.15) is 140 Å². The van der Waals surface area contributed by atoms with Crippen LogP contribution >= 0.6 is 0 Å². The van der Waals surface area contributed by atoms with Crippen molar-refractivity contribution >= 4 is 0 Å². The molecule has 0 aromatic rings. The zero-order valence-electron chi connectivity index (χ0n) is 18.9. The summed E-state index contributed by atoms with van der Waals surface area (Å²) in [6.07, 6.45) is 15.1. The zero-order chi connectivity index (χ0) is 18.9. The molecule has 0 atom stereocenters. The standard InChI is InChI=1S/2C8H18.C5H12.C2H6/c2*1-4-6-8(3)7-5-2;1-3-5-4-2;1-2/h2*8H,4-7H2,1-3H3;3-5H2,1-2H3;1-2H3. The van der Waals surface area contributed by atoms with Gasteiger partial charge in [-0.15, -0.1) is 0 Å². The van der Waals surface area contributed by atoms with E-state index in [0.29, 0.717) is 0 Å². The lowest BCUT2D eigenvalue weighted by molar-refractivity contribution is 0.480. The van der Waals surface area contributed by atoms with Crippen molar-refractivity contribution in [3.63, 3.8) is 0 Å². The fourth-order valence-electron chi connectivity index (χ4n) is 2.61. The Morgan fingerprint density at radius 1 is 0.435 bits per heavy atom. The third kappa shape index (κ3) is 44.9. The Hall–Kier alpha value is 0. The van der Waals surface area contributed by atoms with Crippen LogP contribution in [0.3, 0.4) is 0 Å². The quantitative estimate of drug-likeness (QED) is 0.374. The lowest BCUT2D eigenvalue weighted by atomic mass is 10.0. The minimum absolute atomic E-state index is 0.963. The molecule has 0 heterocycles. The molecule has 146 valence electrons. The molecule has 0 nitrogen and oxygen atoms in total. The van der Waals surface area contributed by atoms with E-state index in [4.69, 9.17) is 0 Å². The molecule has 0 saturated heterocycles. The summed E-state index contributed by atoms with van der Waals surface area (Å²) in [7, 11) is 0. The smallest absolute Gasteiger partial charge is 0.0443 e. The molecule has 0 aromatic heterocycles. The Bertz CT molecular complexity index is 111. The summed E-state index contributed by atoms with van der Waals surface area (Å²) < 4.78 is 0. The summed E-state index contributed by atoms with van der Waals surface area (Å²) in [6.45, 7) is 22.1. The van der Waals surface area contributed by atoms with Gasteiger partial charge in [-0.05, 0) is 11.8 Å². The van der Waals surface area contributed by atoms with Crippen molar-refractivity contribution in [2.24, 2.45) is 11.8 Å². The van der Waals surface area contributed by atoms with Crippen LogP contribution in [0.15, 0.2) is 0 Å². The van der Waals surface area contributed by atoms with Gasteiger partial charge in [0.25, 0.3) is 0 Å². The first kappa shape index (κ1) is 30.8. The minimum atomic E-state index is 0.963. The van der Waals surface area contributed by atoms with Gasteiger partial charge in [0.05, 0.1) is 0 Å². The van der Waals surface area contributed by atoms with Gasteiger partial charge in [-0.2, -0.15) is 0 Å². The molecule has 0 aliphatic rings. The molecule has 0 unspecified atom stereocenters. The lowest BCUT2D eigenvalue weighted by Crippen LogP contribution is -1.91. The summed E-state index contributed by atoms with van der Waals surface area (Å²) in [4.78, 5) is 0. The fourth-order valence-corrected chi connectivity index (χ4v) is 2.61. The van der Waals surface area contributed by atoms with Gasteiger partial charge < -0.3 is 0 Å². The van der Waals surface area contributed by atoms with E-state index >= 15 is 0 Å². The average molecular weight is 331 g/mol. The van der Waals surface area contributed by atoms with Crippen LogP contribution < -0.4 is 0 Å². The molecule has 0 aromatic carbocycles. The monoisotopic (exact) mass is 330 g/mol. The molecular weight excluding hydrogens is 276 g/mol. The summed E-state index contributed by atoms with van der Waals surface area (Å²) in [5, 5.41) is 0. The van der Waals surface area contributed by atoms with Gasteiger partial charge in [0.2, 0.25) is 0 Å². The lowest BCUT2D eigenvalue weighted by Gasteiger charge is -2.05. The maximum Gasteiger partial charge on any atom is -0.0443 e. The fraction of sp³-hybridized carbons (Fsp3) is 1.00. The van der Waals surface area contributed by atoms with E-state index in [-0.39, 0.29) is 0 Å². The van der Waals surface area contributed by atoms with E-state index in [1.54, 1.807) is 0 Å². The van der Waals surface area contributed by atoms with E-state index in [1.165, 1.54) is 70.6 Å². The van der Waals surface area contributed by atoms with E-state index in [0.717, 1.165) is 11.8 Å². The van der Waals surface area contributed by atoms with Gasteiger partial charge in [-0.3, -0.25) is 0 Å². The second-order valence-corrected chi connectivity index (χ2v) is 6.72. The van der Waals surface area contributed by atoms with Gasteiger partial charge in [0, 0.05) is 0 Å². The Morgan fingerprint density at radius 3 is 0.739 bits per heavy atom. The van der Waals surface area contributed by atoms with Crippen molar-refractivity contribution in [1.82, 2.24) is 0 Å². The van der Waals surface area contributed by atoms with Crippen LogP contribution in [0.2, 0.25) is 0 Å². The molecule has 0 rings (SSSR count). The number of hydrogen-bond acceptors (Lipinski definition) is 0. The summed E-state index contributed by atoms with van der Waals surface area (Å²) >= 11 is 0. The van der Waals surface area contributed by atoms with Crippen molar-refractivity contribution in [2.75, 3.05) is 0 Å².